The van der Waals surface area contributed by atoms with E-state index in [4.69, 9.17) is 9.47 Å². The number of carbonyl (C=O) groups is 1. The highest BCUT2D eigenvalue weighted by atomic mass is 19.1. The van der Waals surface area contributed by atoms with Gasteiger partial charge in [-0.1, -0.05) is 0 Å². The number of aliphatic hydroxyl groups excluding tert-OH is 1. The maximum absolute atomic E-state index is 14.5. The van der Waals surface area contributed by atoms with Gasteiger partial charge in [0, 0.05) is 68.9 Å². The number of likely N-dealkylation sites (tertiary alicyclic amines) is 1. The SMILES string of the molecule is COCc1cnc(N2CCC([C@H]3C[C@H]3CCOc3cc(F)c(CC(=O)N4CC(O)C4)c(F)c3)CC2)nc1. The Morgan fingerprint density at radius 1 is 1.14 bits per heavy atom. The molecule has 1 amide bonds. The Morgan fingerprint density at radius 3 is 2.43 bits per heavy atom. The third kappa shape index (κ3) is 6.18. The van der Waals surface area contributed by atoms with E-state index in [9.17, 15) is 18.7 Å². The second-order valence-electron chi connectivity index (χ2n) is 10.4. The molecule has 3 fully saturated rings. The number of halogens is 2. The zero-order valence-corrected chi connectivity index (χ0v) is 21.1. The normalized spacial score (nSPS) is 22.2. The zero-order chi connectivity index (χ0) is 25.9. The Hall–Kier alpha value is -2.85. The van der Waals surface area contributed by atoms with Gasteiger partial charge in [0.2, 0.25) is 11.9 Å². The maximum Gasteiger partial charge on any atom is 0.227 e. The molecule has 5 rings (SSSR count). The summed E-state index contributed by atoms with van der Waals surface area (Å²) < 4.78 is 39.8. The lowest BCUT2D eigenvalue weighted by Crippen LogP contribution is -2.54. The van der Waals surface area contributed by atoms with Crippen LogP contribution in [0.15, 0.2) is 24.5 Å². The number of carbonyl (C=O) groups excluding carboxylic acids is 1. The van der Waals surface area contributed by atoms with Crippen molar-refractivity contribution < 1.29 is 28.2 Å². The van der Waals surface area contributed by atoms with Crippen LogP contribution in [-0.4, -0.2) is 71.9 Å². The second kappa shape index (κ2) is 11.3. The van der Waals surface area contributed by atoms with Crippen molar-refractivity contribution in [1.82, 2.24) is 14.9 Å². The number of aromatic nitrogens is 2. The van der Waals surface area contributed by atoms with Crippen LogP contribution in [0.3, 0.4) is 0 Å². The van der Waals surface area contributed by atoms with Crippen molar-refractivity contribution in [2.75, 3.05) is 44.8 Å². The molecule has 1 aromatic carbocycles. The predicted molar refractivity (Wildman–Crippen MR) is 132 cm³/mol. The van der Waals surface area contributed by atoms with Gasteiger partial charge in [-0.25, -0.2) is 18.7 Å². The predicted octanol–water partition coefficient (Wildman–Crippen LogP) is 2.97. The fourth-order valence-electron chi connectivity index (χ4n) is 5.54. The third-order valence-corrected chi connectivity index (χ3v) is 7.82. The van der Waals surface area contributed by atoms with Crippen LogP contribution in [0.5, 0.6) is 5.75 Å². The molecule has 2 aromatic rings. The molecule has 2 atom stereocenters. The first-order chi connectivity index (χ1) is 17.9. The molecule has 3 aliphatic rings. The van der Waals surface area contributed by atoms with Crippen molar-refractivity contribution in [2.24, 2.45) is 17.8 Å². The number of methoxy groups -OCH3 is 1. The summed E-state index contributed by atoms with van der Waals surface area (Å²) in [5, 5.41) is 9.30. The summed E-state index contributed by atoms with van der Waals surface area (Å²) in [5.74, 6) is 0.900. The van der Waals surface area contributed by atoms with Crippen LogP contribution in [-0.2, 0) is 22.6 Å². The molecule has 1 N–H and O–H groups in total. The lowest BCUT2D eigenvalue weighted by Gasteiger charge is -2.36. The number of ether oxygens (including phenoxy) is 2. The standard InChI is InChI=1S/C27H34F2N4O4/c1-36-16-17-12-30-27(31-13-17)32-5-2-18(3-6-32)22-8-19(22)4-7-37-21-9-24(28)23(25(29)10-21)11-26(35)33-14-20(34)15-33/h9-10,12-13,18-20,22,34H,2-8,11,14-16H2,1H3/t19-,22-/m1/s1. The summed E-state index contributed by atoms with van der Waals surface area (Å²) in [4.78, 5) is 24.7. The maximum atomic E-state index is 14.5. The number of anilines is 1. The van der Waals surface area contributed by atoms with E-state index in [1.165, 1.54) is 11.3 Å². The number of rotatable bonds is 10. The first-order valence-electron chi connectivity index (χ1n) is 13.0. The molecule has 2 aliphatic heterocycles. The first-order valence-corrected chi connectivity index (χ1v) is 13.0. The molecule has 8 nitrogen and oxygen atoms in total. The molecular weight excluding hydrogens is 482 g/mol. The first kappa shape index (κ1) is 25.8. The number of hydrogen-bond donors (Lipinski definition) is 1. The quantitative estimate of drug-likeness (QED) is 0.520. The zero-order valence-electron chi connectivity index (χ0n) is 21.1. The van der Waals surface area contributed by atoms with Crippen LogP contribution < -0.4 is 9.64 Å². The molecule has 2 saturated heterocycles. The lowest BCUT2D eigenvalue weighted by molar-refractivity contribution is -0.140. The Balaban J connectivity index is 1.03. The summed E-state index contributed by atoms with van der Waals surface area (Å²) in [6.45, 7) is 3.23. The van der Waals surface area contributed by atoms with Crippen LogP contribution in [0.25, 0.3) is 0 Å². The van der Waals surface area contributed by atoms with Gasteiger partial charge in [-0.05, 0) is 43.4 Å². The summed E-state index contributed by atoms with van der Waals surface area (Å²) in [7, 11) is 1.65. The van der Waals surface area contributed by atoms with Crippen molar-refractivity contribution in [2.45, 2.75) is 44.8 Å². The van der Waals surface area contributed by atoms with E-state index in [1.54, 1.807) is 7.11 Å². The van der Waals surface area contributed by atoms with Crippen LogP contribution in [0.2, 0.25) is 0 Å². The Morgan fingerprint density at radius 2 is 1.81 bits per heavy atom. The van der Waals surface area contributed by atoms with E-state index in [2.05, 4.69) is 14.9 Å². The number of amides is 1. The average molecular weight is 517 g/mol. The molecule has 0 unspecified atom stereocenters. The molecule has 0 bridgehead atoms. The highest BCUT2D eigenvalue weighted by molar-refractivity contribution is 5.79. The highest BCUT2D eigenvalue weighted by Gasteiger charge is 2.43. The van der Waals surface area contributed by atoms with Gasteiger partial charge in [0.15, 0.2) is 0 Å². The van der Waals surface area contributed by atoms with Gasteiger partial charge in [0.05, 0.1) is 25.7 Å². The van der Waals surface area contributed by atoms with E-state index in [-0.39, 0.29) is 30.8 Å². The van der Waals surface area contributed by atoms with E-state index in [1.807, 2.05) is 12.4 Å². The molecule has 200 valence electrons. The van der Waals surface area contributed by atoms with E-state index in [0.29, 0.717) is 31.0 Å². The van der Waals surface area contributed by atoms with E-state index in [0.717, 1.165) is 56.0 Å². The van der Waals surface area contributed by atoms with Gasteiger partial charge >= 0.3 is 0 Å². The lowest BCUT2D eigenvalue weighted by atomic mass is 9.90. The fourth-order valence-corrected chi connectivity index (χ4v) is 5.54. The summed E-state index contributed by atoms with van der Waals surface area (Å²) in [6, 6.07) is 2.31. The van der Waals surface area contributed by atoms with Crippen LogP contribution in [0.1, 0.15) is 36.8 Å². The smallest absolute Gasteiger partial charge is 0.227 e. The number of benzene rings is 1. The summed E-state index contributed by atoms with van der Waals surface area (Å²) >= 11 is 0. The number of aliphatic hydroxyl groups is 1. The van der Waals surface area contributed by atoms with Crippen LogP contribution in [0.4, 0.5) is 14.7 Å². The minimum absolute atomic E-state index is 0.146. The van der Waals surface area contributed by atoms with Gasteiger partial charge in [-0.3, -0.25) is 4.79 Å². The molecule has 0 spiro atoms. The van der Waals surface area contributed by atoms with Crippen molar-refractivity contribution in [3.63, 3.8) is 0 Å². The van der Waals surface area contributed by atoms with E-state index >= 15 is 0 Å². The molecule has 10 heteroatoms. The van der Waals surface area contributed by atoms with Crippen molar-refractivity contribution >= 4 is 11.9 Å². The molecule has 0 radical (unpaired) electrons. The van der Waals surface area contributed by atoms with Gasteiger partial charge in [0.25, 0.3) is 0 Å². The Bertz CT molecular complexity index is 1070. The monoisotopic (exact) mass is 516 g/mol. The minimum atomic E-state index is -0.780. The average Bonchev–Trinajstić information content (AvgIpc) is 3.64. The Kier molecular flexibility index (Phi) is 7.85. The largest absolute Gasteiger partial charge is 0.493 e. The van der Waals surface area contributed by atoms with Crippen molar-refractivity contribution in [1.29, 1.82) is 0 Å². The van der Waals surface area contributed by atoms with Gasteiger partial charge in [-0.2, -0.15) is 0 Å². The van der Waals surface area contributed by atoms with Gasteiger partial charge in [0.1, 0.15) is 17.4 Å². The molecule has 3 heterocycles. The second-order valence-corrected chi connectivity index (χ2v) is 10.4. The Labute approximate surface area is 215 Å². The summed E-state index contributed by atoms with van der Waals surface area (Å²) in [6.07, 6.45) is 6.97. The van der Waals surface area contributed by atoms with Crippen LogP contribution in [0, 0.1) is 29.4 Å². The van der Waals surface area contributed by atoms with E-state index < -0.39 is 23.6 Å². The molecule has 1 aliphatic carbocycles. The van der Waals surface area contributed by atoms with Crippen molar-refractivity contribution in [3.05, 3.63) is 47.3 Å². The van der Waals surface area contributed by atoms with Gasteiger partial charge < -0.3 is 24.4 Å². The van der Waals surface area contributed by atoms with Gasteiger partial charge in [-0.15, -0.1) is 0 Å². The number of hydrogen-bond acceptors (Lipinski definition) is 7. The third-order valence-electron chi connectivity index (χ3n) is 7.82. The molecule has 1 saturated carbocycles. The number of β-amino-alcohol motifs (C(OH)–C–C–N with tert-alkyl or cyclic N) is 1. The van der Waals surface area contributed by atoms with Crippen LogP contribution >= 0.6 is 0 Å². The summed E-state index contributed by atoms with van der Waals surface area (Å²) in [5.41, 5.74) is 0.702. The number of piperidine rings is 1. The fraction of sp³-hybridized carbons (Fsp3) is 0.593. The molecular formula is C27H34F2N4O4. The number of nitrogens with zero attached hydrogens (tertiary/aromatic N) is 4. The highest BCUT2D eigenvalue weighted by Crippen LogP contribution is 2.49. The minimum Gasteiger partial charge on any atom is -0.493 e. The van der Waals surface area contributed by atoms with Crippen molar-refractivity contribution in [3.8, 4) is 5.75 Å². The molecule has 37 heavy (non-hydrogen) atoms. The topological polar surface area (TPSA) is 88.0 Å². The molecule has 1 aromatic heterocycles.